The molecule has 4 aromatic rings. The number of phosphoric ester groups is 1. The van der Waals surface area contributed by atoms with Crippen molar-refractivity contribution < 1.29 is 28.7 Å². The predicted octanol–water partition coefficient (Wildman–Crippen LogP) is 3.57. The fourth-order valence-corrected chi connectivity index (χ4v) is 3.82. The summed E-state index contributed by atoms with van der Waals surface area (Å²) in [6.07, 6.45) is -1.11. The van der Waals surface area contributed by atoms with E-state index in [1.807, 2.05) is 12.1 Å². The monoisotopic (exact) mass is 386 g/mol. The van der Waals surface area contributed by atoms with Crippen LogP contribution in [0.2, 0.25) is 0 Å². The van der Waals surface area contributed by atoms with Crippen LogP contribution in [-0.4, -0.2) is 34.2 Å². The number of aliphatic hydroxyl groups excluding tert-OH is 1. The second-order valence-corrected chi connectivity index (χ2v) is 7.78. The van der Waals surface area contributed by atoms with Crippen molar-refractivity contribution in [3.8, 4) is 0 Å². The highest BCUT2D eigenvalue weighted by Crippen LogP contribution is 2.37. The molecule has 0 saturated carbocycles. The molecule has 27 heavy (non-hydrogen) atoms. The van der Waals surface area contributed by atoms with Gasteiger partial charge in [-0.1, -0.05) is 54.6 Å². The third-order valence-corrected chi connectivity index (χ3v) is 5.11. The highest BCUT2D eigenvalue weighted by atomic mass is 31.2. The van der Waals surface area contributed by atoms with Crippen molar-refractivity contribution in [1.29, 1.82) is 0 Å². The smallest absolute Gasteiger partial charge is 0.388 e. The second-order valence-electron chi connectivity index (χ2n) is 6.54. The lowest BCUT2D eigenvalue weighted by molar-refractivity contribution is -0.0000107. The molecule has 0 unspecified atom stereocenters. The van der Waals surface area contributed by atoms with Gasteiger partial charge in [0.15, 0.2) is 0 Å². The van der Waals surface area contributed by atoms with E-state index >= 15 is 0 Å². The van der Waals surface area contributed by atoms with Crippen LogP contribution in [0.25, 0.3) is 32.3 Å². The number of benzene rings is 4. The molecule has 0 aliphatic carbocycles. The molecule has 140 valence electrons. The average Bonchev–Trinajstić information content (AvgIpc) is 2.65. The standard InChI is InChI=1S/C20H19O6P/c21-17(12-26-27(22,23)24)11-25-10-16-7-6-15-5-4-13-2-1-3-14-8-9-18(16)20(15)19(13)14/h1-9,17,21H,10-12H2,(H2,22,23,24)/t17-/m0/s1. The Hall–Kier alpha value is -2.05. The van der Waals surface area contributed by atoms with Crippen molar-refractivity contribution in [2.24, 2.45) is 0 Å². The first kappa shape index (κ1) is 18.3. The molecule has 4 aromatic carbocycles. The number of rotatable bonds is 7. The van der Waals surface area contributed by atoms with E-state index < -0.39 is 20.5 Å². The Morgan fingerprint density at radius 3 is 2.19 bits per heavy atom. The van der Waals surface area contributed by atoms with Crippen LogP contribution >= 0.6 is 7.82 Å². The van der Waals surface area contributed by atoms with Crippen LogP contribution in [0.1, 0.15) is 5.56 Å². The molecule has 0 aliphatic heterocycles. The Bertz CT molecular complexity index is 1120. The molecule has 4 rings (SSSR count). The molecule has 0 radical (unpaired) electrons. The largest absolute Gasteiger partial charge is 0.469 e. The van der Waals surface area contributed by atoms with Crippen LogP contribution in [-0.2, 0) is 20.4 Å². The fraction of sp³-hybridized carbons (Fsp3) is 0.200. The second kappa shape index (κ2) is 7.17. The molecule has 6 nitrogen and oxygen atoms in total. The van der Waals surface area contributed by atoms with Gasteiger partial charge in [0.25, 0.3) is 0 Å². The number of hydrogen-bond donors (Lipinski definition) is 3. The van der Waals surface area contributed by atoms with Crippen LogP contribution in [0.4, 0.5) is 0 Å². The molecule has 0 aliphatic rings. The molecule has 3 N–H and O–H groups in total. The Kier molecular flexibility index (Phi) is 4.86. The number of aliphatic hydroxyl groups is 1. The van der Waals surface area contributed by atoms with Crippen LogP contribution in [0.5, 0.6) is 0 Å². The van der Waals surface area contributed by atoms with Gasteiger partial charge in [-0.05, 0) is 37.9 Å². The first-order valence-corrected chi connectivity index (χ1v) is 10.1. The van der Waals surface area contributed by atoms with Crippen LogP contribution in [0.15, 0.2) is 54.6 Å². The van der Waals surface area contributed by atoms with Crippen molar-refractivity contribution >= 4 is 40.1 Å². The molecular weight excluding hydrogens is 367 g/mol. The molecule has 1 atom stereocenters. The van der Waals surface area contributed by atoms with E-state index in [9.17, 15) is 9.67 Å². The normalized spacial score (nSPS) is 13.7. The van der Waals surface area contributed by atoms with E-state index in [2.05, 4.69) is 47.0 Å². The molecular formula is C20H19O6P. The number of phosphoric acid groups is 1. The van der Waals surface area contributed by atoms with Gasteiger partial charge in [0.05, 0.1) is 19.8 Å². The highest BCUT2D eigenvalue weighted by Gasteiger charge is 2.17. The van der Waals surface area contributed by atoms with Crippen LogP contribution < -0.4 is 0 Å². The third kappa shape index (κ3) is 3.82. The van der Waals surface area contributed by atoms with E-state index in [0.717, 1.165) is 16.3 Å². The van der Waals surface area contributed by atoms with E-state index in [4.69, 9.17) is 14.5 Å². The van der Waals surface area contributed by atoms with Gasteiger partial charge in [-0.25, -0.2) is 4.57 Å². The zero-order chi connectivity index (χ0) is 19.0. The Morgan fingerprint density at radius 1 is 0.852 bits per heavy atom. The molecule has 0 saturated heterocycles. The van der Waals surface area contributed by atoms with Crippen molar-refractivity contribution in [3.05, 3.63) is 60.2 Å². The lowest BCUT2D eigenvalue weighted by atomic mass is 9.92. The molecule has 0 fully saturated rings. The van der Waals surface area contributed by atoms with Crippen molar-refractivity contribution in [1.82, 2.24) is 0 Å². The van der Waals surface area contributed by atoms with Gasteiger partial charge in [0, 0.05) is 0 Å². The summed E-state index contributed by atoms with van der Waals surface area (Å²) in [4.78, 5) is 17.3. The zero-order valence-corrected chi connectivity index (χ0v) is 15.3. The Balaban J connectivity index is 1.57. The first-order valence-electron chi connectivity index (χ1n) is 8.54. The maximum atomic E-state index is 10.7. The predicted molar refractivity (Wildman–Crippen MR) is 104 cm³/mol. The lowest BCUT2D eigenvalue weighted by Gasteiger charge is -2.15. The van der Waals surface area contributed by atoms with Crippen molar-refractivity contribution in [3.63, 3.8) is 0 Å². The summed E-state index contributed by atoms with van der Waals surface area (Å²) in [6, 6.07) is 18.7. The van der Waals surface area contributed by atoms with Gasteiger partial charge in [-0.2, -0.15) is 0 Å². The van der Waals surface area contributed by atoms with E-state index in [1.54, 1.807) is 0 Å². The van der Waals surface area contributed by atoms with Gasteiger partial charge in [0.1, 0.15) is 6.10 Å². The van der Waals surface area contributed by atoms with Gasteiger partial charge in [0.2, 0.25) is 0 Å². The quantitative estimate of drug-likeness (QED) is 0.332. The summed E-state index contributed by atoms with van der Waals surface area (Å²) in [7, 11) is -4.59. The van der Waals surface area contributed by atoms with E-state index in [1.165, 1.54) is 21.5 Å². The first-order chi connectivity index (χ1) is 12.9. The Morgan fingerprint density at radius 2 is 1.48 bits per heavy atom. The minimum Gasteiger partial charge on any atom is -0.388 e. The molecule has 0 bridgehead atoms. The van der Waals surface area contributed by atoms with Gasteiger partial charge >= 0.3 is 7.82 Å². The van der Waals surface area contributed by atoms with Crippen LogP contribution in [0.3, 0.4) is 0 Å². The van der Waals surface area contributed by atoms with Gasteiger partial charge < -0.3 is 19.6 Å². The SMILES string of the molecule is O=P(O)(O)OC[C@@H](O)COCc1ccc2ccc3cccc4ccc1c2c34. The minimum absolute atomic E-state index is 0.0814. The average molecular weight is 386 g/mol. The Labute approximate surface area is 155 Å². The minimum atomic E-state index is -4.59. The van der Waals surface area contributed by atoms with Gasteiger partial charge in [-0.15, -0.1) is 0 Å². The molecule has 0 aromatic heterocycles. The fourth-order valence-electron chi connectivity index (χ4n) is 3.46. The summed E-state index contributed by atoms with van der Waals surface area (Å²) >= 11 is 0. The summed E-state index contributed by atoms with van der Waals surface area (Å²) in [5.74, 6) is 0. The topological polar surface area (TPSA) is 96.2 Å². The van der Waals surface area contributed by atoms with E-state index in [0.29, 0.717) is 0 Å². The summed E-state index contributed by atoms with van der Waals surface area (Å²) in [5.41, 5.74) is 0.990. The molecule has 0 amide bonds. The number of hydrogen-bond acceptors (Lipinski definition) is 4. The zero-order valence-electron chi connectivity index (χ0n) is 14.4. The summed E-state index contributed by atoms with van der Waals surface area (Å²) in [6.45, 7) is -0.286. The highest BCUT2D eigenvalue weighted by molar-refractivity contribution is 7.46. The molecule has 7 heteroatoms. The third-order valence-electron chi connectivity index (χ3n) is 4.62. The van der Waals surface area contributed by atoms with Crippen molar-refractivity contribution in [2.45, 2.75) is 12.7 Å². The summed E-state index contributed by atoms with van der Waals surface area (Å²) < 4.78 is 20.5. The maximum absolute atomic E-state index is 10.7. The maximum Gasteiger partial charge on any atom is 0.469 e. The van der Waals surface area contributed by atoms with Crippen molar-refractivity contribution in [2.75, 3.05) is 13.2 Å². The summed E-state index contributed by atoms with van der Waals surface area (Å²) in [5, 5.41) is 16.8. The van der Waals surface area contributed by atoms with E-state index in [-0.39, 0.29) is 13.2 Å². The lowest BCUT2D eigenvalue weighted by Crippen LogP contribution is -2.21. The van der Waals surface area contributed by atoms with Crippen LogP contribution in [0, 0.1) is 0 Å². The molecule has 0 heterocycles. The molecule has 0 spiro atoms. The number of ether oxygens (including phenoxy) is 1. The van der Waals surface area contributed by atoms with Gasteiger partial charge in [-0.3, -0.25) is 4.52 Å².